The van der Waals surface area contributed by atoms with Crippen molar-refractivity contribution in [2.45, 2.75) is 6.92 Å². The van der Waals surface area contributed by atoms with Crippen molar-refractivity contribution < 1.29 is 19.4 Å². The Hall–Kier alpha value is -2.61. The molecule has 0 saturated heterocycles. The molecule has 2 rings (SSSR count). The molecule has 0 fully saturated rings. The highest BCUT2D eigenvalue weighted by Crippen LogP contribution is 2.25. The van der Waals surface area contributed by atoms with E-state index in [4.69, 9.17) is 10.5 Å². The normalized spacial score (nSPS) is 10.2. The summed E-state index contributed by atoms with van der Waals surface area (Å²) in [6, 6.07) is 4.38. The summed E-state index contributed by atoms with van der Waals surface area (Å²) in [7, 11) is 1.43. The summed E-state index contributed by atoms with van der Waals surface area (Å²) in [6.07, 6.45) is 0. The molecule has 1 aromatic heterocycles. The number of anilines is 2. The van der Waals surface area contributed by atoms with Crippen molar-refractivity contribution in [3.8, 4) is 5.75 Å². The molecule has 0 saturated carbocycles. The third-order valence-electron chi connectivity index (χ3n) is 2.72. The molecule has 1 heterocycles. The number of aryl methyl sites for hydroxylation is 1. The summed E-state index contributed by atoms with van der Waals surface area (Å²) in [5.74, 6) is -1.22. The van der Waals surface area contributed by atoms with Gasteiger partial charge in [0.1, 0.15) is 10.6 Å². The van der Waals surface area contributed by atoms with E-state index < -0.39 is 11.9 Å². The van der Waals surface area contributed by atoms with Crippen LogP contribution in [0.1, 0.15) is 25.7 Å². The highest BCUT2D eigenvalue weighted by molar-refractivity contribution is 7.17. The van der Waals surface area contributed by atoms with Gasteiger partial charge in [0.05, 0.1) is 24.1 Å². The van der Waals surface area contributed by atoms with Crippen LogP contribution in [0.25, 0.3) is 0 Å². The maximum Gasteiger partial charge on any atom is 0.337 e. The fourth-order valence-corrected chi connectivity index (χ4v) is 2.47. The molecule has 0 atom stereocenters. The highest BCUT2D eigenvalue weighted by Gasteiger charge is 2.18. The summed E-state index contributed by atoms with van der Waals surface area (Å²) >= 11 is 1.05. The second kappa shape index (κ2) is 5.80. The summed E-state index contributed by atoms with van der Waals surface area (Å²) in [4.78, 5) is 27.7. The molecule has 0 spiro atoms. The van der Waals surface area contributed by atoms with Crippen LogP contribution in [0.5, 0.6) is 5.75 Å². The lowest BCUT2D eigenvalue weighted by molar-refractivity contribution is 0.0697. The number of aromatic nitrogens is 1. The number of methoxy groups -OCH3 is 1. The summed E-state index contributed by atoms with van der Waals surface area (Å²) < 4.78 is 4.97. The van der Waals surface area contributed by atoms with Crippen LogP contribution >= 0.6 is 11.3 Å². The van der Waals surface area contributed by atoms with Gasteiger partial charge in [0.15, 0.2) is 5.13 Å². The van der Waals surface area contributed by atoms with Crippen LogP contribution in [0.2, 0.25) is 0 Å². The van der Waals surface area contributed by atoms with E-state index in [2.05, 4.69) is 10.3 Å². The van der Waals surface area contributed by atoms with Crippen molar-refractivity contribution in [3.05, 3.63) is 34.3 Å². The molecule has 1 aromatic carbocycles. The van der Waals surface area contributed by atoms with Gasteiger partial charge in [-0.05, 0) is 25.1 Å². The Bertz CT molecular complexity index is 711. The third kappa shape index (κ3) is 3.11. The average Bonchev–Trinajstić information content (AvgIpc) is 2.78. The first kappa shape index (κ1) is 14.8. The SMILES string of the molecule is COc1ccc(NC(=O)c2sc(N)nc2C)c(C(=O)O)c1. The van der Waals surface area contributed by atoms with Gasteiger partial charge in [-0.25, -0.2) is 9.78 Å². The number of nitrogens with one attached hydrogen (secondary N) is 1. The fraction of sp³-hybridized carbons (Fsp3) is 0.154. The number of carbonyl (C=O) groups excluding carboxylic acids is 1. The number of carbonyl (C=O) groups is 2. The van der Waals surface area contributed by atoms with E-state index in [0.717, 1.165) is 11.3 Å². The van der Waals surface area contributed by atoms with E-state index in [1.54, 1.807) is 13.0 Å². The number of nitrogens with two attached hydrogens (primary N) is 1. The number of nitrogens with zero attached hydrogens (tertiary/aromatic N) is 1. The fourth-order valence-electron chi connectivity index (χ4n) is 1.74. The quantitative estimate of drug-likeness (QED) is 0.795. The van der Waals surface area contributed by atoms with Gasteiger partial charge in [-0.3, -0.25) is 4.79 Å². The number of hydrogen-bond acceptors (Lipinski definition) is 6. The van der Waals surface area contributed by atoms with Crippen molar-refractivity contribution in [2.24, 2.45) is 0 Å². The molecule has 0 aliphatic heterocycles. The molecule has 0 bridgehead atoms. The van der Waals surface area contributed by atoms with E-state index in [0.29, 0.717) is 16.3 Å². The van der Waals surface area contributed by atoms with Crippen LogP contribution in [0.3, 0.4) is 0 Å². The third-order valence-corrected chi connectivity index (χ3v) is 3.71. The number of aromatic carboxylic acids is 1. The molecule has 7 nitrogen and oxygen atoms in total. The largest absolute Gasteiger partial charge is 0.497 e. The number of carboxylic acids is 1. The smallest absolute Gasteiger partial charge is 0.337 e. The molecule has 110 valence electrons. The summed E-state index contributed by atoms with van der Waals surface area (Å²) in [5.41, 5.74) is 6.17. The van der Waals surface area contributed by atoms with E-state index in [-0.39, 0.29) is 16.4 Å². The lowest BCUT2D eigenvalue weighted by Gasteiger charge is -2.09. The van der Waals surface area contributed by atoms with Crippen molar-refractivity contribution in [2.75, 3.05) is 18.2 Å². The molecule has 0 radical (unpaired) electrons. The van der Waals surface area contributed by atoms with E-state index in [1.807, 2.05) is 0 Å². The first-order chi connectivity index (χ1) is 9.92. The van der Waals surface area contributed by atoms with Crippen LogP contribution in [-0.4, -0.2) is 29.1 Å². The van der Waals surface area contributed by atoms with Gasteiger partial charge in [-0.1, -0.05) is 11.3 Å². The van der Waals surface area contributed by atoms with Gasteiger partial charge in [0.2, 0.25) is 0 Å². The molecule has 1 amide bonds. The van der Waals surface area contributed by atoms with Crippen LogP contribution in [-0.2, 0) is 0 Å². The minimum Gasteiger partial charge on any atom is -0.497 e. The maximum atomic E-state index is 12.2. The van der Waals surface area contributed by atoms with Crippen molar-refractivity contribution in [1.82, 2.24) is 4.98 Å². The van der Waals surface area contributed by atoms with Crippen LogP contribution in [0.4, 0.5) is 10.8 Å². The zero-order valence-electron chi connectivity index (χ0n) is 11.3. The highest BCUT2D eigenvalue weighted by atomic mass is 32.1. The van der Waals surface area contributed by atoms with Crippen LogP contribution in [0, 0.1) is 6.92 Å². The molecular weight excluding hydrogens is 294 g/mol. The van der Waals surface area contributed by atoms with E-state index >= 15 is 0 Å². The predicted molar refractivity (Wildman–Crippen MR) is 79.2 cm³/mol. The number of nitrogen functional groups attached to an aromatic ring is 1. The maximum absolute atomic E-state index is 12.2. The Morgan fingerprint density at radius 3 is 2.67 bits per heavy atom. The van der Waals surface area contributed by atoms with Crippen molar-refractivity contribution >= 4 is 34.0 Å². The Labute approximate surface area is 124 Å². The van der Waals surface area contributed by atoms with Gasteiger partial charge >= 0.3 is 5.97 Å². The monoisotopic (exact) mass is 307 g/mol. The molecule has 0 aliphatic carbocycles. The lowest BCUT2D eigenvalue weighted by atomic mass is 10.1. The Morgan fingerprint density at radius 2 is 2.14 bits per heavy atom. The first-order valence-electron chi connectivity index (χ1n) is 5.88. The molecule has 2 aromatic rings. The number of hydrogen-bond donors (Lipinski definition) is 3. The molecule has 21 heavy (non-hydrogen) atoms. The standard InChI is InChI=1S/C13H13N3O4S/c1-6-10(21-13(14)15-6)11(17)16-9-4-3-7(20-2)5-8(9)12(18)19/h3-5H,1-2H3,(H2,14,15)(H,16,17)(H,18,19). The van der Waals surface area contributed by atoms with Crippen LogP contribution in [0.15, 0.2) is 18.2 Å². The van der Waals surface area contributed by atoms with Gasteiger partial charge in [0, 0.05) is 0 Å². The average molecular weight is 307 g/mol. The number of rotatable bonds is 4. The van der Waals surface area contributed by atoms with E-state index in [9.17, 15) is 14.7 Å². The van der Waals surface area contributed by atoms with Gasteiger partial charge in [-0.15, -0.1) is 0 Å². The summed E-state index contributed by atoms with van der Waals surface area (Å²) in [6.45, 7) is 1.66. The second-order valence-electron chi connectivity index (χ2n) is 4.14. The zero-order valence-corrected chi connectivity index (χ0v) is 12.2. The Balaban J connectivity index is 2.33. The summed E-state index contributed by atoms with van der Waals surface area (Å²) in [5, 5.41) is 12.0. The number of amides is 1. The Kier molecular flexibility index (Phi) is 4.08. The molecule has 0 unspecified atom stereocenters. The number of carboxylic acid groups (broad SMARTS) is 1. The number of ether oxygens (including phenoxy) is 1. The van der Waals surface area contributed by atoms with Gasteiger partial charge in [-0.2, -0.15) is 0 Å². The first-order valence-corrected chi connectivity index (χ1v) is 6.69. The van der Waals surface area contributed by atoms with Gasteiger partial charge < -0.3 is 20.9 Å². The predicted octanol–water partition coefficient (Wildman–Crippen LogP) is 1.99. The zero-order chi connectivity index (χ0) is 15.6. The Morgan fingerprint density at radius 1 is 1.43 bits per heavy atom. The lowest BCUT2D eigenvalue weighted by Crippen LogP contribution is -2.14. The van der Waals surface area contributed by atoms with Gasteiger partial charge in [0.25, 0.3) is 5.91 Å². The topological polar surface area (TPSA) is 115 Å². The number of thiazole rings is 1. The minimum absolute atomic E-state index is 0.0576. The number of benzene rings is 1. The molecular formula is C13H13N3O4S. The van der Waals surface area contributed by atoms with E-state index in [1.165, 1.54) is 19.2 Å². The molecule has 4 N–H and O–H groups in total. The minimum atomic E-state index is -1.16. The second-order valence-corrected chi connectivity index (χ2v) is 5.17. The van der Waals surface area contributed by atoms with Crippen molar-refractivity contribution in [1.29, 1.82) is 0 Å². The van der Waals surface area contributed by atoms with Crippen molar-refractivity contribution in [3.63, 3.8) is 0 Å². The van der Waals surface area contributed by atoms with Crippen LogP contribution < -0.4 is 15.8 Å². The molecule has 0 aliphatic rings. The molecule has 8 heteroatoms.